The van der Waals surface area contributed by atoms with Crippen molar-refractivity contribution in [2.45, 2.75) is 25.8 Å². The van der Waals surface area contributed by atoms with Gasteiger partial charge in [0, 0.05) is 30.9 Å². The fourth-order valence-corrected chi connectivity index (χ4v) is 3.03. The van der Waals surface area contributed by atoms with Crippen LogP contribution in [-0.4, -0.2) is 48.6 Å². The van der Waals surface area contributed by atoms with Crippen molar-refractivity contribution in [1.29, 1.82) is 0 Å². The zero-order valence-corrected chi connectivity index (χ0v) is 14.4. The number of nitrogens with one attached hydrogen (secondary N) is 2. The zero-order chi connectivity index (χ0) is 16.9. The van der Waals surface area contributed by atoms with E-state index in [9.17, 15) is 4.79 Å². The van der Waals surface area contributed by atoms with Gasteiger partial charge in [0.25, 0.3) is 0 Å². The van der Waals surface area contributed by atoms with E-state index in [1.54, 1.807) is 4.90 Å². The molecule has 1 aromatic rings. The first-order chi connectivity index (χ1) is 11.7. The Morgan fingerprint density at radius 1 is 1.33 bits per heavy atom. The number of piperidine rings is 1. The molecule has 1 amide bonds. The highest BCUT2D eigenvalue weighted by Gasteiger charge is 2.24. The number of carbonyl (C=O) groups excluding carboxylic acids is 1. The van der Waals surface area contributed by atoms with Gasteiger partial charge in [-0.1, -0.05) is 0 Å². The molecule has 0 bridgehead atoms. The van der Waals surface area contributed by atoms with E-state index in [-0.39, 0.29) is 18.9 Å². The highest BCUT2D eigenvalue weighted by Crippen LogP contribution is 2.34. The third-order valence-electron chi connectivity index (χ3n) is 3.99. The molecule has 24 heavy (non-hydrogen) atoms. The van der Waals surface area contributed by atoms with Crippen LogP contribution in [0.15, 0.2) is 18.2 Å². The van der Waals surface area contributed by atoms with E-state index in [2.05, 4.69) is 10.6 Å². The van der Waals surface area contributed by atoms with Gasteiger partial charge in [0.15, 0.2) is 16.6 Å². The van der Waals surface area contributed by atoms with Gasteiger partial charge >= 0.3 is 6.09 Å². The molecule has 1 fully saturated rings. The lowest BCUT2D eigenvalue weighted by molar-refractivity contribution is 0.0964. The molecule has 130 valence electrons. The number of carbonyl (C=O) groups is 1. The number of hydrogen-bond acceptors (Lipinski definition) is 5. The number of ether oxygens (including phenoxy) is 3. The molecule has 8 heteroatoms. The van der Waals surface area contributed by atoms with Gasteiger partial charge in [0.2, 0.25) is 6.79 Å². The molecule has 0 spiro atoms. The van der Waals surface area contributed by atoms with Crippen molar-refractivity contribution < 1.29 is 19.0 Å². The van der Waals surface area contributed by atoms with Crippen LogP contribution in [0.25, 0.3) is 0 Å². The second-order valence-electron chi connectivity index (χ2n) is 5.63. The molecular formula is C16H21N3O4S. The van der Waals surface area contributed by atoms with Gasteiger partial charge < -0.3 is 29.7 Å². The number of benzene rings is 1. The topological polar surface area (TPSA) is 72.1 Å². The highest BCUT2D eigenvalue weighted by atomic mass is 32.1. The Balaban J connectivity index is 1.45. The maximum atomic E-state index is 11.7. The van der Waals surface area contributed by atoms with Gasteiger partial charge in [-0.2, -0.15) is 0 Å². The number of nitrogens with zero attached hydrogens (tertiary/aromatic N) is 1. The van der Waals surface area contributed by atoms with Crippen LogP contribution in [0, 0.1) is 0 Å². The van der Waals surface area contributed by atoms with Crippen LogP contribution in [-0.2, 0) is 4.74 Å². The van der Waals surface area contributed by atoms with Gasteiger partial charge in [-0.25, -0.2) is 4.79 Å². The third-order valence-corrected chi connectivity index (χ3v) is 4.21. The van der Waals surface area contributed by atoms with Gasteiger partial charge in [-0.3, -0.25) is 0 Å². The zero-order valence-electron chi connectivity index (χ0n) is 13.5. The van der Waals surface area contributed by atoms with Crippen molar-refractivity contribution in [1.82, 2.24) is 10.2 Å². The van der Waals surface area contributed by atoms with Crippen molar-refractivity contribution in [2.75, 3.05) is 31.8 Å². The lowest BCUT2D eigenvalue weighted by Crippen LogP contribution is -2.47. The van der Waals surface area contributed by atoms with Crippen molar-refractivity contribution in [2.24, 2.45) is 0 Å². The minimum absolute atomic E-state index is 0.239. The Labute approximate surface area is 146 Å². The summed E-state index contributed by atoms with van der Waals surface area (Å²) in [6, 6.07) is 5.85. The molecule has 0 unspecified atom stereocenters. The minimum Gasteiger partial charge on any atom is -0.454 e. The normalized spacial score (nSPS) is 16.6. The molecule has 2 N–H and O–H groups in total. The summed E-state index contributed by atoms with van der Waals surface area (Å²) in [5.41, 5.74) is 0.848. The summed E-state index contributed by atoms with van der Waals surface area (Å²) in [4.78, 5) is 13.4. The maximum Gasteiger partial charge on any atom is 0.409 e. The Morgan fingerprint density at radius 3 is 2.83 bits per heavy atom. The number of thiocarbonyl (C=S) groups is 1. The fourth-order valence-electron chi connectivity index (χ4n) is 2.75. The van der Waals surface area contributed by atoms with E-state index in [0.717, 1.165) is 24.3 Å². The third kappa shape index (κ3) is 4.00. The monoisotopic (exact) mass is 351 g/mol. The van der Waals surface area contributed by atoms with Crippen molar-refractivity contribution in [3.63, 3.8) is 0 Å². The smallest absolute Gasteiger partial charge is 0.409 e. The van der Waals surface area contributed by atoms with E-state index in [1.165, 1.54) is 0 Å². The molecule has 3 rings (SSSR count). The molecule has 0 aromatic heterocycles. The average Bonchev–Trinajstić information content (AvgIpc) is 3.03. The van der Waals surface area contributed by atoms with Crippen LogP contribution in [0.1, 0.15) is 19.8 Å². The van der Waals surface area contributed by atoms with Crippen LogP contribution in [0.3, 0.4) is 0 Å². The molecule has 0 radical (unpaired) electrons. The van der Waals surface area contributed by atoms with Gasteiger partial charge in [-0.05, 0) is 44.1 Å². The van der Waals surface area contributed by atoms with Crippen molar-refractivity contribution in [3.05, 3.63) is 18.2 Å². The Kier molecular flexibility index (Phi) is 5.24. The lowest BCUT2D eigenvalue weighted by atomic mass is 10.1. The number of anilines is 1. The molecule has 1 aromatic carbocycles. The van der Waals surface area contributed by atoms with Crippen LogP contribution in [0.4, 0.5) is 10.5 Å². The number of rotatable bonds is 3. The predicted molar refractivity (Wildman–Crippen MR) is 93.5 cm³/mol. The molecule has 2 heterocycles. The van der Waals surface area contributed by atoms with Crippen molar-refractivity contribution >= 4 is 29.1 Å². The van der Waals surface area contributed by atoms with E-state index in [4.69, 9.17) is 26.4 Å². The summed E-state index contributed by atoms with van der Waals surface area (Å²) in [5.74, 6) is 1.45. The lowest BCUT2D eigenvalue weighted by Gasteiger charge is -2.32. The predicted octanol–water partition coefficient (Wildman–Crippen LogP) is 2.32. The van der Waals surface area contributed by atoms with E-state index in [0.29, 0.717) is 30.6 Å². The first-order valence-electron chi connectivity index (χ1n) is 8.04. The maximum absolute atomic E-state index is 11.7. The van der Waals surface area contributed by atoms with E-state index in [1.807, 2.05) is 25.1 Å². The summed E-state index contributed by atoms with van der Waals surface area (Å²) in [7, 11) is 0. The molecule has 0 saturated carbocycles. The molecule has 7 nitrogen and oxygen atoms in total. The second-order valence-corrected chi connectivity index (χ2v) is 6.03. The number of hydrogen-bond donors (Lipinski definition) is 2. The average molecular weight is 351 g/mol. The van der Waals surface area contributed by atoms with Crippen LogP contribution < -0.4 is 20.1 Å². The summed E-state index contributed by atoms with van der Waals surface area (Å²) >= 11 is 5.37. The molecule has 0 atom stereocenters. The highest BCUT2D eigenvalue weighted by molar-refractivity contribution is 7.80. The second kappa shape index (κ2) is 7.57. The largest absolute Gasteiger partial charge is 0.454 e. The Morgan fingerprint density at radius 2 is 2.08 bits per heavy atom. The van der Waals surface area contributed by atoms with E-state index >= 15 is 0 Å². The van der Waals surface area contributed by atoms with Crippen LogP contribution in [0.2, 0.25) is 0 Å². The summed E-state index contributed by atoms with van der Waals surface area (Å²) in [5, 5.41) is 7.01. The van der Waals surface area contributed by atoms with Gasteiger partial charge in [0.1, 0.15) is 0 Å². The van der Waals surface area contributed by atoms with E-state index < -0.39 is 0 Å². The van der Waals surface area contributed by atoms with Crippen LogP contribution in [0.5, 0.6) is 11.5 Å². The summed E-state index contributed by atoms with van der Waals surface area (Å²) < 4.78 is 15.7. The van der Waals surface area contributed by atoms with Gasteiger partial charge in [0.05, 0.1) is 6.61 Å². The van der Waals surface area contributed by atoms with Gasteiger partial charge in [-0.15, -0.1) is 0 Å². The molecule has 0 aliphatic carbocycles. The molecule has 1 saturated heterocycles. The number of likely N-dealkylation sites (tertiary alicyclic amines) is 1. The standard InChI is InChI=1S/C16H21N3O4S/c1-2-21-16(20)19-7-5-11(6-8-19)17-15(24)18-12-3-4-13-14(9-12)23-10-22-13/h3-4,9,11H,2,5-8,10H2,1H3,(H2,17,18,24). The SMILES string of the molecule is CCOC(=O)N1CCC(NC(=S)Nc2ccc3c(c2)OCO3)CC1. The summed E-state index contributed by atoms with van der Waals surface area (Å²) in [6.07, 6.45) is 1.43. The number of fused-ring (bicyclic) bond motifs is 1. The fraction of sp³-hybridized carbons (Fsp3) is 0.500. The number of amides is 1. The van der Waals surface area contributed by atoms with Crippen molar-refractivity contribution in [3.8, 4) is 11.5 Å². The minimum atomic E-state index is -0.239. The first kappa shape index (κ1) is 16.6. The molecule has 2 aliphatic heterocycles. The summed E-state index contributed by atoms with van der Waals surface area (Å²) in [6.45, 7) is 3.81. The molecule has 2 aliphatic rings. The first-order valence-corrected chi connectivity index (χ1v) is 8.45. The Hall–Kier alpha value is -2.22. The Bertz CT molecular complexity index is 617. The quantitative estimate of drug-likeness (QED) is 0.810. The van der Waals surface area contributed by atoms with Crippen LogP contribution >= 0.6 is 12.2 Å². The molecular weight excluding hydrogens is 330 g/mol.